The van der Waals surface area contributed by atoms with E-state index in [4.69, 9.17) is 14.2 Å². The second-order valence-electron chi connectivity index (χ2n) is 13.5. The molecule has 2 aromatic carbocycles. The van der Waals surface area contributed by atoms with Gasteiger partial charge in [0.25, 0.3) is 5.91 Å². The van der Waals surface area contributed by atoms with Gasteiger partial charge in [0.05, 0.1) is 37.5 Å². The van der Waals surface area contributed by atoms with Crippen molar-refractivity contribution in [1.82, 2.24) is 15.1 Å². The topological polar surface area (TPSA) is 113 Å². The van der Waals surface area contributed by atoms with Crippen LogP contribution in [0.15, 0.2) is 42.5 Å². The van der Waals surface area contributed by atoms with Crippen LogP contribution < -0.4 is 20.1 Å². The first-order valence-corrected chi connectivity index (χ1v) is 17.4. The van der Waals surface area contributed by atoms with Crippen LogP contribution in [-0.4, -0.2) is 91.6 Å². The Morgan fingerprint density at radius 2 is 1.79 bits per heavy atom. The molecule has 0 saturated heterocycles. The third-order valence-corrected chi connectivity index (χ3v) is 9.35. The molecule has 0 radical (unpaired) electrons. The van der Waals surface area contributed by atoms with Crippen LogP contribution in [0.25, 0.3) is 0 Å². The Morgan fingerprint density at radius 1 is 1.06 bits per heavy atom. The molecular weight excluding hydrogens is 596 g/mol. The molecule has 0 bridgehead atoms. The highest BCUT2D eigenvalue weighted by Gasteiger charge is 2.30. The number of amides is 3. The number of nitrogens with one attached hydrogen (secondary N) is 2. The maximum atomic E-state index is 14.4. The zero-order valence-corrected chi connectivity index (χ0v) is 29.0. The molecule has 3 amide bonds. The van der Waals surface area contributed by atoms with E-state index in [1.165, 1.54) is 12.0 Å². The van der Waals surface area contributed by atoms with Gasteiger partial charge in [-0.1, -0.05) is 38.3 Å². The average molecular weight is 653 g/mol. The summed E-state index contributed by atoms with van der Waals surface area (Å²) in [6.07, 6.45) is 7.81. The summed E-state index contributed by atoms with van der Waals surface area (Å²) in [5, 5.41) is 16.3. The van der Waals surface area contributed by atoms with Gasteiger partial charge in [-0.05, 0) is 88.9 Å². The lowest BCUT2D eigenvalue weighted by atomic mass is 9.96. The van der Waals surface area contributed by atoms with E-state index >= 15 is 0 Å². The van der Waals surface area contributed by atoms with E-state index in [0.717, 1.165) is 57.2 Å². The number of hydrogen-bond acceptors (Lipinski definition) is 7. The molecule has 0 spiro atoms. The lowest BCUT2D eigenvalue weighted by Gasteiger charge is -2.36. The Labute approximate surface area is 281 Å². The molecular formula is C37H56N4O6. The van der Waals surface area contributed by atoms with Gasteiger partial charge >= 0.3 is 6.03 Å². The summed E-state index contributed by atoms with van der Waals surface area (Å²) in [5.41, 5.74) is 2.06. The smallest absolute Gasteiger partial charge is 0.319 e. The van der Waals surface area contributed by atoms with Crippen LogP contribution in [0.4, 0.5) is 10.5 Å². The first-order valence-electron chi connectivity index (χ1n) is 17.4. The quantitative estimate of drug-likeness (QED) is 0.301. The maximum Gasteiger partial charge on any atom is 0.319 e. The highest BCUT2D eigenvalue weighted by Crippen LogP contribution is 2.29. The molecule has 1 aliphatic carbocycles. The van der Waals surface area contributed by atoms with Gasteiger partial charge < -0.3 is 34.9 Å². The highest BCUT2D eigenvalue weighted by molar-refractivity contribution is 5.99. The van der Waals surface area contributed by atoms with E-state index in [-0.39, 0.29) is 42.7 Å². The molecule has 4 atom stereocenters. The summed E-state index contributed by atoms with van der Waals surface area (Å²) in [6.45, 7) is 8.22. The van der Waals surface area contributed by atoms with E-state index < -0.39 is 6.04 Å². The van der Waals surface area contributed by atoms with Gasteiger partial charge in [0.1, 0.15) is 11.5 Å². The van der Waals surface area contributed by atoms with Crippen LogP contribution in [0.3, 0.4) is 0 Å². The van der Waals surface area contributed by atoms with Gasteiger partial charge in [-0.2, -0.15) is 0 Å². The van der Waals surface area contributed by atoms with Crippen molar-refractivity contribution in [3.63, 3.8) is 0 Å². The van der Waals surface area contributed by atoms with E-state index in [2.05, 4.69) is 41.6 Å². The number of methoxy groups -OCH3 is 1. The zero-order valence-electron chi connectivity index (χ0n) is 29.0. The van der Waals surface area contributed by atoms with Gasteiger partial charge in [0, 0.05) is 43.9 Å². The number of ether oxygens (including phenoxy) is 3. The predicted octanol–water partition coefficient (Wildman–Crippen LogP) is 6.08. The molecule has 3 N–H and O–H groups in total. The number of anilines is 1. The monoisotopic (exact) mass is 652 g/mol. The fourth-order valence-corrected chi connectivity index (χ4v) is 6.48. The van der Waals surface area contributed by atoms with Gasteiger partial charge in [-0.15, -0.1) is 0 Å². The Bertz CT molecular complexity index is 1270. The fraction of sp³-hybridized carbons (Fsp3) is 0.622. The first kappa shape index (κ1) is 36.5. The molecule has 260 valence electrons. The van der Waals surface area contributed by atoms with Gasteiger partial charge in [-0.3, -0.25) is 9.69 Å². The Morgan fingerprint density at radius 3 is 2.49 bits per heavy atom. The highest BCUT2D eigenvalue weighted by atomic mass is 16.5. The molecule has 0 unspecified atom stereocenters. The van der Waals surface area contributed by atoms with Crippen molar-refractivity contribution in [2.24, 2.45) is 5.92 Å². The summed E-state index contributed by atoms with van der Waals surface area (Å²) in [6, 6.07) is 12.8. The van der Waals surface area contributed by atoms with Gasteiger partial charge in [0.2, 0.25) is 0 Å². The van der Waals surface area contributed by atoms with Crippen LogP contribution in [0.1, 0.15) is 88.1 Å². The standard InChI is InChI=1S/C37H56N4O6/c1-26-22-41(27(2)25-42)36(43)33-21-31(39-37(44)38-30-12-7-6-8-13-30)16-19-34(33)47-28(3)11-9-10-20-46-35(26)24-40(4)23-29-14-17-32(45-5)18-15-29/h14-19,21,26-28,30,35,42H,6-13,20,22-25H2,1-5H3,(H2,38,39,44)/t26-,27+,28+,35-/m0/s1. The lowest BCUT2D eigenvalue weighted by Crippen LogP contribution is -2.47. The maximum absolute atomic E-state index is 14.4. The van der Waals surface area contributed by atoms with Crippen LogP contribution in [0, 0.1) is 5.92 Å². The van der Waals surface area contributed by atoms with E-state index in [9.17, 15) is 14.7 Å². The minimum absolute atomic E-state index is 0.0277. The third-order valence-electron chi connectivity index (χ3n) is 9.35. The van der Waals surface area contributed by atoms with E-state index in [0.29, 0.717) is 36.7 Å². The van der Waals surface area contributed by atoms with Crippen molar-refractivity contribution in [3.05, 3.63) is 53.6 Å². The molecule has 47 heavy (non-hydrogen) atoms. The number of rotatable bonds is 9. The number of benzene rings is 2. The summed E-state index contributed by atoms with van der Waals surface area (Å²) in [4.78, 5) is 31.2. The van der Waals surface area contributed by atoms with E-state index in [1.54, 1.807) is 30.2 Å². The largest absolute Gasteiger partial charge is 0.497 e. The van der Waals surface area contributed by atoms with Gasteiger partial charge in [0.15, 0.2) is 0 Å². The summed E-state index contributed by atoms with van der Waals surface area (Å²) >= 11 is 0. The molecule has 0 aromatic heterocycles. The predicted molar refractivity (Wildman–Crippen MR) is 185 cm³/mol. The minimum atomic E-state index is -0.438. The first-order chi connectivity index (χ1) is 22.7. The number of hydrogen-bond donors (Lipinski definition) is 3. The second-order valence-corrected chi connectivity index (χ2v) is 13.5. The van der Waals surface area contributed by atoms with Crippen LogP contribution in [0.5, 0.6) is 11.5 Å². The van der Waals surface area contributed by atoms with Crippen LogP contribution in [-0.2, 0) is 11.3 Å². The summed E-state index contributed by atoms with van der Waals surface area (Å²) < 4.78 is 18.2. The third kappa shape index (κ3) is 11.1. The minimum Gasteiger partial charge on any atom is -0.497 e. The molecule has 2 aromatic rings. The lowest BCUT2D eigenvalue weighted by molar-refractivity contribution is -0.0177. The van der Waals surface area contributed by atoms with Crippen LogP contribution >= 0.6 is 0 Å². The van der Waals surface area contributed by atoms with E-state index in [1.807, 2.05) is 26.0 Å². The number of nitrogens with zero attached hydrogens (tertiary/aromatic N) is 2. The van der Waals surface area contributed by atoms with Gasteiger partial charge in [-0.25, -0.2) is 4.79 Å². The summed E-state index contributed by atoms with van der Waals surface area (Å²) in [5.74, 6) is 1.03. The molecule has 2 aliphatic rings. The second kappa shape index (κ2) is 18.3. The molecule has 1 aliphatic heterocycles. The Hall–Kier alpha value is -3.34. The molecule has 1 fully saturated rings. The molecule has 10 nitrogen and oxygen atoms in total. The number of carbonyl (C=O) groups excluding carboxylic acids is 2. The molecule has 1 heterocycles. The van der Waals surface area contributed by atoms with Crippen molar-refractivity contribution < 1.29 is 28.9 Å². The molecule has 1 saturated carbocycles. The Kier molecular flexibility index (Phi) is 14.2. The fourth-order valence-electron chi connectivity index (χ4n) is 6.48. The normalized spacial score (nSPS) is 22.5. The van der Waals surface area contributed by atoms with Crippen molar-refractivity contribution in [2.75, 3.05) is 45.8 Å². The van der Waals surface area contributed by atoms with Crippen molar-refractivity contribution in [3.8, 4) is 11.5 Å². The molecule has 10 heteroatoms. The van der Waals surface area contributed by atoms with Crippen molar-refractivity contribution in [1.29, 1.82) is 0 Å². The van der Waals surface area contributed by atoms with Crippen molar-refractivity contribution >= 4 is 17.6 Å². The zero-order chi connectivity index (χ0) is 33.8. The van der Waals surface area contributed by atoms with Crippen molar-refractivity contribution in [2.45, 2.75) is 103 Å². The number of aliphatic hydroxyl groups is 1. The number of carbonyl (C=O) groups is 2. The number of likely N-dealkylation sites (N-methyl/N-ethyl adjacent to an activating group) is 1. The van der Waals surface area contributed by atoms with Crippen LogP contribution in [0.2, 0.25) is 0 Å². The SMILES string of the molecule is COc1ccc(CN(C)C[C@@H]2OCCCC[C@@H](C)Oc3ccc(NC(=O)NC4CCCCC4)cc3C(=O)N([C@H](C)CO)C[C@@H]2C)cc1. The number of aliphatic hydroxyl groups excluding tert-OH is 1. The number of fused-ring (bicyclic) bond motifs is 1. The average Bonchev–Trinajstić information content (AvgIpc) is 3.06. The Balaban J connectivity index is 1.55. The number of urea groups is 1. The molecule has 4 rings (SSSR count). The summed E-state index contributed by atoms with van der Waals surface area (Å²) in [7, 11) is 3.75.